The fourth-order valence-electron chi connectivity index (χ4n) is 2.63. The van der Waals surface area contributed by atoms with Gasteiger partial charge in [-0.1, -0.05) is 13.8 Å². The van der Waals surface area contributed by atoms with E-state index in [0.717, 1.165) is 6.92 Å². The topological polar surface area (TPSA) is 0 Å². The van der Waals surface area contributed by atoms with Gasteiger partial charge in [0.25, 0.3) is 0 Å². The molecule has 28 heavy (non-hydrogen) atoms. The lowest BCUT2D eigenvalue weighted by atomic mass is 9.76. The van der Waals surface area contributed by atoms with Crippen LogP contribution in [-0.2, 0) is 17.8 Å². The quantitative estimate of drug-likeness (QED) is 0.430. The Labute approximate surface area is 151 Å². The lowest BCUT2D eigenvalue weighted by Gasteiger charge is -2.36. The van der Waals surface area contributed by atoms with Crippen molar-refractivity contribution in [3.05, 3.63) is 34.4 Å². The molecule has 0 aliphatic carbocycles. The van der Waals surface area contributed by atoms with Gasteiger partial charge in [0.05, 0.1) is 11.1 Å². The van der Waals surface area contributed by atoms with E-state index in [9.17, 15) is 52.7 Å². The summed E-state index contributed by atoms with van der Waals surface area (Å²) < 4.78 is 159. The molecule has 0 aliphatic heterocycles. The van der Waals surface area contributed by atoms with E-state index in [4.69, 9.17) is 0 Å². The molecule has 0 spiro atoms. The summed E-state index contributed by atoms with van der Waals surface area (Å²) in [6.07, 6.45) is -23.9. The first kappa shape index (κ1) is 24.4. The molecular weight excluding hydrogens is 420 g/mol. The van der Waals surface area contributed by atoms with Gasteiger partial charge in [0.15, 0.2) is 5.41 Å². The second kappa shape index (κ2) is 7.01. The van der Waals surface area contributed by atoms with Gasteiger partial charge in [-0.15, -0.1) is 0 Å². The lowest BCUT2D eigenvalue weighted by molar-refractivity contribution is -0.297. The van der Waals surface area contributed by atoms with Crippen LogP contribution in [0, 0.1) is 0 Å². The molecule has 0 saturated carbocycles. The maximum Gasteiger partial charge on any atom is 0.416 e. The summed E-state index contributed by atoms with van der Waals surface area (Å²) in [7, 11) is 0. The van der Waals surface area contributed by atoms with E-state index >= 15 is 0 Å². The van der Waals surface area contributed by atoms with Crippen LogP contribution in [0.15, 0.2) is 12.1 Å². The van der Waals surface area contributed by atoms with Crippen LogP contribution in [0.5, 0.6) is 0 Å². The minimum Gasteiger partial charge on any atom is -0.170 e. The van der Waals surface area contributed by atoms with E-state index in [0.29, 0.717) is 0 Å². The number of halogens is 12. The Kier molecular flexibility index (Phi) is 6.12. The van der Waals surface area contributed by atoms with Gasteiger partial charge in [-0.2, -0.15) is 52.7 Å². The summed E-state index contributed by atoms with van der Waals surface area (Å²) in [4.78, 5) is 0. The van der Waals surface area contributed by atoms with Gasteiger partial charge in [-0.05, 0) is 42.5 Å². The predicted octanol–water partition coefficient (Wildman–Crippen LogP) is 7.62. The Morgan fingerprint density at radius 2 is 1.04 bits per heavy atom. The first-order valence-corrected chi connectivity index (χ1v) is 7.65. The van der Waals surface area contributed by atoms with Crippen LogP contribution in [0.2, 0.25) is 0 Å². The van der Waals surface area contributed by atoms with E-state index in [1.54, 1.807) is 0 Å². The summed E-state index contributed by atoms with van der Waals surface area (Å²) in [5.41, 5.74) is -12.9. The Bertz CT molecular complexity index is 653. The molecule has 0 N–H and O–H groups in total. The van der Waals surface area contributed by atoms with E-state index in [-0.39, 0.29) is 6.42 Å². The zero-order valence-electron chi connectivity index (χ0n) is 14.5. The van der Waals surface area contributed by atoms with Crippen LogP contribution in [0.1, 0.15) is 55.4 Å². The lowest BCUT2D eigenvalue weighted by Crippen LogP contribution is -2.51. The van der Waals surface area contributed by atoms with Gasteiger partial charge in [0, 0.05) is 0 Å². The highest BCUT2D eigenvalue weighted by Gasteiger charge is 2.69. The largest absolute Gasteiger partial charge is 0.416 e. The fraction of sp³-hybridized carbons (Fsp3) is 0.625. The Balaban J connectivity index is 4.16. The van der Waals surface area contributed by atoms with Crippen molar-refractivity contribution in [2.24, 2.45) is 0 Å². The summed E-state index contributed by atoms with van der Waals surface area (Å²) in [6.45, 7) is 1.70. The smallest absolute Gasteiger partial charge is 0.170 e. The highest BCUT2D eigenvalue weighted by molar-refractivity contribution is 5.47. The third kappa shape index (κ3) is 4.19. The Morgan fingerprint density at radius 1 is 0.714 bits per heavy atom. The van der Waals surface area contributed by atoms with Gasteiger partial charge in [0.2, 0.25) is 0 Å². The fourth-order valence-corrected chi connectivity index (χ4v) is 2.63. The number of hydrogen-bond donors (Lipinski definition) is 0. The minimum absolute atomic E-state index is 0.263. The van der Waals surface area contributed by atoms with Gasteiger partial charge in [-0.25, -0.2) is 0 Å². The Morgan fingerprint density at radius 3 is 1.25 bits per heavy atom. The molecule has 1 rings (SSSR count). The zero-order chi connectivity index (χ0) is 22.5. The SMILES string of the molecule is CCC(C)c1c(C(F)(F)F)cc(C(C)(C(F)(F)F)C(F)(F)F)cc1C(F)(F)F. The zero-order valence-corrected chi connectivity index (χ0v) is 14.5. The summed E-state index contributed by atoms with van der Waals surface area (Å²) >= 11 is 0. The first-order chi connectivity index (χ1) is 12.2. The van der Waals surface area contributed by atoms with Crippen molar-refractivity contribution < 1.29 is 52.7 Å². The maximum absolute atomic E-state index is 13.3. The molecule has 1 unspecified atom stereocenters. The van der Waals surface area contributed by atoms with Gasteiger partial charge in [0.1, 0.15) is 0 Å². The van der Waals surface area contributed by atoms with Crippen molar-refractivity contribution >= 4 is 0 Å². The normalized spacial score (nSPS) is 15.7. The molecule has 0 saturated heterocycles. The Hall–Kier alpha value is -1.62. The molecule has 0 amide bonds. The number of hydrogen-bond acceptors (Lipinski definition) is 0. The summed E-state index contributed by atoms with van der Waals surface area (Å²) in [5.74, 6) is -1.43. The van der Waals surface area contributed by atoms with Crippen LogP contribution in [-0.4, -0.2) is 12.4 Å². The molecule has 0 heterocycles. The van der Waals surface area contributed by atoms with Gasteiger partial charge < -0.3 is 0 Å². The second-order valence-electron chi connectivity index (χ2n) is 6.41. The molecule has 1 aromatic carbocycles. The van der Waals surface area contributed by atoms with Crippen LogP contribution in [0.3, 0.4) is 0 Å². The summed E-state index contributed by atoms with van der Waals surface area (Å²) in [6, 6.07) is -0.977. The average molecular weight is 434 g/mol. The van der Waals surface area contributed by atoms with Crippen LogP contribution in [0.4, 0.5) is 52.7 Å². The first-order valence-electron chi connectivity index (χ1n) is 7.65. The number of alkyl halides is 12. The molecule has 1 aromatic rings. The van der Waals surface area contributed by atoms with Crippen molar-refractivity contribution in [1.29, 1.82) is 0 Å². The third-order valence-electron chi connectivity index (χ3n) is 4.61. The second-order valence-corrected chi connectivity index (χ2v) is 6.41. The molecule has 0 radical (unpaired) electrons. The molecule has 0 aromatic heterocycles. The van der Waals surface area contributed by atoms with E-state index in [1.165, 1.54) is 6.92 Å². The van der Waals surface area contributed by atoms with Crippen LogP contribution >= 0.6 is 0 Å². The number of rotatable bonds is 3. The highest BCUT2D eigenvalue weighted by atomic mass is 19.4. The molecule has 12 heteroatoms. The number of benzene rings is 1. The standard InChI is InChI=1S/C16H14F12/c1-4-7(2)11-9(13(17,18)19)5-8(6-10(11)14(20,21)22)12(3,15(23,24)25)16(26,27)28/h5-7H,4H2,1-3H3. The van der Waals surface area contributed by atoms with Crippen molar-refractivity contribution in [3.63, 3.8) is 0 Å². The van der Waals surface area contributed by atoms with Crippen molar-refractivity contribution in [1.82, 2.24) is 0 Å². The molecule has 162 valence electrons. The molecule has 0 bridgehead atoms. The predicted molar refractivity (Wildman–Crippen MR) is 74.6 cm³/mol. The molecule has 0 fully saturated rings. The maximum atomic E-state index is 13.3. The molecule has 0 aliphatic rings. The molecule has 1 atom stereocenters. The minimum atomic E-state index is -6.20. The van der Waals surface area contributed by atoms with Gasteiger partial charge >= 0.3 is 24.7 Å². The average Bonchev–Trinajstić information content (AvgIpc) is 2.48. The molecule has 0 nitrogen and oxygen atoms in total. The molecular formula is C16H14F12. The van der Waals surface area contributed by atoms with Crippen molar-refractivity contribution in [2.75, 3.05) is 0 Å². The van der Waals surface area contributed by atoms with Gasteiger partial charge in [-0.3, -0.25) is 0 Å². The van der Waals surface area contributed by atoms with Crippen molar-refractivity contribution in [2.45, 2.75) is 63.2 Å². The van der Waals surface area contributed by atoms with E-state index in [2.05, 4.69) is 0 Å². The van der Waals surface area contributed by atoms with E-state index < -0.39 is 77.3 Å². The van der Waals surface area contributed by atoms with E-state index in [1.807, 2.05) is 0 Å². The van der Waals surface area contributed by atoms with Crippen molar-refractivity contribution in [3.8, 4) is 0 Å². The van der Waals surface area contributed by atoms with Crippen LogP contribution < -0.4 is 0 Å². The highest BCUT2D eigenvalue weighted by Crippen LogP contribution is 2.54. The summed E-state index contributed by atoms with van der Waals surface area (Å²) in [5, 5.41) is 0. The monoisotopic (exact) mass is 434 g/mol. The third-order valence-corrected chi connectivity index (χ3v) is 4.61. The van der Waals surface area contributed by atoms with Crippen LogP contribution in [0.25, 0.3) is 0 Å².